The Morgan fingerprint density at radius 1 is 1.47 bits per heavy atom. The van der Waals surface area contributed by atoms with E-state index in [0.29, 0.717) is 0 Å². The molecule has 0 spiro atoms. The van der Waals surface area contributed by atoms with Crippen molar-refractivity contribution in [3.05, 3.63) is 28.3 Å². The third kappa shape index (κ3) is 3.37. The number of benzene rings is 1. The van der Waals surface area contributed by atoms with Crippen LogP contribution in [0.25, 0.3) is 0 Å². The van der Waals surface area contributed by atoms with Crippen molar-refractivity contribution in [3.8, 4) is 5.75 Å². The first kappa shape index (κ1) is 12.8. The van der Waals surface area contributed by atoms with E-state index in [-0.39, 0.29) is 0 Å². The predicted octanol–water partition coefficient (Wildman–Crippen LogP) is 3.44. The molecule has 0 aliphatic carbocycles. The number of rotatable bonds is 4. The lowest BCUT2D eigenvalue weighted by molar-refractivity contribution is 0.364. The van der Waals surface area contributed by atoms with E-state index in [9.17, 15) is 0 Å². The van der Waals surface area contributed by atoms with Gasteiger partial charge in [0.15, 0.2) is 0 Å². The highest BCUT2D eigenvalue weighted by Crippen LogP contribution is 2.27. The van der Waals surface area contributed by atoms with Crippen LogP contribution < -0.4 is 4.74 Å². The summed E-state index contributed by atoms with van der Waals surface area (Å²) in [6.45, 7) is 2.79. The molecule has 0 aromatic heterocycles. The van der Waals surface area contributed by atoms with E-state index in [1.54, 1.807) is 7.11 Å². The lowest BCUT2D eigenvalue weighted by Gasteiger charge is -2.16. The average molecular weight is 293 g/mol. The molecule has 0 radical (unpaired) electrons. The number of aryl methyl sites for hydroxylation is 1. The number of hydrogen-bond acceptors (Lipinski definition) is 2. The minimum atomic E-state index is 0.786. The van der Waals surface area contributed by atoms with E-state index in [1.165, 1.54) is 0 Å². The maximum Gasteiger partial charge on any atom is 0.123 e. The first-order chi connectivity index (χ1) is 7.08. The van der Waals surface area contributed by atoms with Crippen molar-refractivity contribution in [3.63, 3.8) is 0 Å². The van der Waals surface area contributed by atoms with Crippen LogP contribution in [0.2, 0.25) is 5.02 Å². The number of methoxy groups -OCH3 is 1. The van der Waals surface area contributed by atoms with Crippen LogP contribution in [0.1, 0.15) is 11.1 Å². The Hall–Kier alpha value is -0.250. The van der Waals surface area contributed by atoms with Crippen molar-refractivity contribution in [1.82, 2.24) is 4.90 Å². The van der Waals surface area contributed by atoms with Crippen LogP contribution in [0.3, 0.4) is 0 Å². The summed E-state index contributed by atoms with van der Waals surface area (Å²) in [5.74, 6) is 0.893. The van der Waals surface area contributed by atoms with Crippen LogP contribution in [0.5, 0.6) is 5.75 Å². The summed E-state index contributed by atoms with van der Waals surface area (Å²) in [6.07, 6.45) is 0. The van der Waals surface area contributed by atoms with E-state index >= 15 is 0 Å². The van der Waals surface area contributed by atoms with E-state index in [2.05, 4.69) is 20.8 Å². The van der Waals surface area contributed by atoms with Crippen molar-refractivity contribution in [2.75, 3.05) is 19.6 Å². The normalized spacial score (nSPS) is 10.8. The molecule has 0 amide bonds. The molecule has 0 heterocycles. The summed E-state index contributed by atoms with van der Waals surface area (Å²) in [7, 11) is 3.71. The zero-order chi connectivity index (χ0) is 11.4. The highest BCUT2D eigenvalue weighted by atomic mass is 79.9. The zero-order valence-corrected chi connectivity index (χ0v) is 11.5. The molecule has 0 aliphatic heterocycles. The smallest absolute Gasteiger partial charge is 0.123 e. The molecular formula is C11H15BrClNO. The van der Waals surface area contributed by atoms with Crippen molar-refractivity contribution in [2.24, 2.45) is 0 Å². The molecule has 0 unspecified atom stereocenters. The third-order valence-corrected chi connectivity index (χ3v) is 3.47. The molecule has 0 aliphatic rings. The van der Waals surface area contributed by atoms with Crippen molar-refractivity contribution < 1.29 is 4.74 Å². The van der Waals surface area contributed by atoms with Gasteiger partial charge in [-0.15, -0.1) is 0 Å². The largest absolute Gasteiger partial charge is 0.496 e. The quantitative estimate of drug-likeness (QED) is 0.622. The van der Waals surface area contributed by atoms with Crippen molar-refractivity contribution >= 4 is 27.5 Å². The SMILES string of the molecule is COc1cc(C)c(Cl)cc1CN(C)CBr. The van der Waals surface area contributed by atoms with E-state index in [1.807, 2.05) is 26.1 Å². The van der Waals surface area contributed by atoms with Crippen LogP contribution in [-0.4, -0.2) is 24.5 Å². The molecule has 0 saturated heterocycles. The fraction of sp³-hybridized carbons (Fsp3) is 0.455. The Labute approximate surface area is 104 Å². The molecule has 0 N–H and O–H groups in total. The van der Waals surface area contributed by atoms with Gasteiger partial charge in [0.2, 0.25) is 0 Å². The summed E-state index contributed by atoms with van der Waals surface area (Å²) < 4.78 is 5.33. The Kier molecular flexibility index (Phi) is 4.90. The van der Waals surface area contributed by atoms with Gasteiger partial charge in [0.05, 0.1) is 12.6 Å². The number of hydrogen-bond donors (Lipinski definition) is 0. The summed E-state index contributed by atoms with van der Waals surface area (Å²) in [4.78, 5) is 2.13. The fourth-order valence-electron chi connectivity index (χ4n) is 1.34. The van der Waals surface area contributed by atoms with Gasteiger partial charge in [-0.1, -0.05) is 27.5 Å². The molecule has 1 aromatic carbocycles. The minimum absolute atomic E-state index is 0.786. The number of halogens is 2. The topological polar surface area (TPSA) is 12.5 Å². The molecule has 0 atom stereocenters. The Balaban J connectivity index is 2.99. The lowest BCUT2D eigenvalue weighted by atomic mass is 10.1. The molecule has 1 rings (SSSR count). The summed E-state index contributed by atoms with van der Waals surface area (Å²) in [5, 5.41) is 0.786. The maximum atomic E-state index is 6.08. The Bertz CT molecular complexity index is 344. The molecular weight excluding hydrogens is 277 g/mol. The molecule has 0 saturated carbocycles. The first-order valence-electron chi connectivity index (χ1n) is 4.66. The second kappa shape index (κ2) is 5.73. The highest BCUT2D eigenvalue weighted by molar-refractivity contribution is 9.09. The van der Waals surface area contributed by atoms with Gasteiger partial charge in [-0.3, -0.25) is 4.90 Å². The van der Waals surface area contributed by atoms with E-state index in [4.69, 9.17) is 16.3 Å². The van der Waals surface area contributed by atoms with Crippen LogP contribution in [0, 0.1) is 6.92 Å². The summed E-state index contributed by atoms with van der Waals surface area (Å²) >= 11 is 9.49. The standard InChI is InChI=1S/C11H15BrClNO/c1-8-4-11(15-3)9(5-10(8)13)6-14(2)7-12/h4-5H,6-7H2,1-3H3. The number of alkyl halides is 1. The second-order valence-electron chi connectivity index (χ2n) is 3.55. The van der Waals surface area contributed by atoms with Gasteiger partial charge >= 0.3 is 0 Å². The van der Waals surface area contributed by atoms with Gasteiger partial charge < -0.3 is 4.74 Å². The highest BCUT2D eigenvalue weighted by Gasteiger charge is 2.08. The van der Waals surface area contributed by atoms with Gasteiger partial charge in [-0.25, -0.2) is 0 Å². The van der Waals surface area contributed by atoms with Crippen LogP contribution in [0.4, 0.5) is 0 Å². The first-order valence-corrected chi connectivity index (χ1v) is 6.16. The number of ether oxygens (including phenoxy) is 1. The molecule has 2 nitrogen and oxygen atoms in total. The lowest BCUT2D eigenvalue weighted by Crippen LogP contribution is -2.15. The third-order valence-electron chi connectivity index (χ3n) is 2.21. The molecule has 15 heavy (non-hydrogen) atoms. The Morgan fingerprint density at radius 2 is 2.13 bits per heavy atom. The molecule has 0 bridgehead atoms. The van der Waals surface area contributed by atoms with Gasteiger partial charge in [0.1, 0.15) is 5.75 Å². The zero-order valence-electron chi connectivity index (χ0n) is 9.18. The minimum Gasteiger partial charge on any atom is -0.496 e. The Morgan fingerprint density at radius 3 is 2.67 bits per heavy atom. The average Bonchev–Trinajstić information content (AvgIpc) is 2.22. The molecule has 1 aromatic rings. The summed E-state index contributed by atoms with van der Waals surface area (Å²) in [6, 6.07) is 3.94. The van der Waals surface area contributed by atoms with Crippen molar-refractivity contribution in [1.29, 1.82) is 0 Å². The van der Waals surface area contributed by atoms with Crippen LogP contribution >= 0.6 is 27.5 Å². The second-order valence-corrected chi connectivity index (χ2v) is 4.46. The van der Waals surface area contributed by atoms with Gasteiger partial charge in [0.25, 0.3) is 0 Å². The van der Waals surface area contributed by atoms with E-state index in [0.717, 1.165) is 33.9 Å². The molecule has 84 valence electrons. The molecule has 4 heteroatoms. The van der Waals surface area contributed by atoms with Crippen LogP contribution in [0.15, 0.2) is 12.1 Å². The van der Waals surface area contributed by atoms with Gasteiger partial charge in [0, 0.05) is 17.1 Å². The van der Waals surface area contributed by atoms with Gasteiger partial charge in [-0.2, -0.15) is 0 Å². The van der Waals surface area contributed by atoms with Gasteiger partial charge in [-0.05, 0) is 31.7 Å². The van der Waals surface area contributed by atoms with E-state index < -0.39 is 0 Å². The van der Waals surface area contributed by atoms with Crippen molar-refractivity contribution in [2.45, 2.75) is 13.5 Å². The van der Waals surface area contributed by atoms with Crippen LogP contribution in [-0.2, 0) is 6.54 Å². The maximum absolute atomic E-state index is 6.08. The fourth-order valence-corrected chi connectivity index (χ4v) is 1.71. The summed E-state index contributed by atoms with van der Waals surface area (Å²) in [5.41, 5.74) is 2.97. The number of nitrogens with zero attached hydrogens (tertiary/aromatic N) is 1. The molecule has 0 fully saturated rings. The monoisotopic (exact) mass is 291 g/mol. The predicted molar refractivity (Wildman–Crippen MR) is 68.0 cm³/mol.